The minimum Gasteiger partial charge on any atom is -0.401 e. The minimum absolute atomic E-state index is 0.262. The van der Waals surface area contributed by atoms with E-state index in [1.165, 1.54) is 42.1 Å². The molecule has 0 spiro atoms. The molecule has 3 rings (SSSR count). The second-order valence-electron chi connectivity index (χ2n) is 7.32. The summed E-state index contributed by atoms with van der Waals surface area (Å²) in [6.45, 7) is 7.47. The number of halogens is 1. The maximum absolute atomic E-state index is 13.2. The van der Waals surface area contributed by atoms with Crippen LogP contribution in [0.5, 0.6) is 0 Å². The van der Waals surface area contributed by atoms with Crippen molar-refractivity contribution in [3.05, 3.63) is 76.3 Å². The molecule has 1 heterocycles. The largest absolute Gasteiger partial charge is 0.401 e. The van der Waals surface area contributed by atoms with Gasteiger partial charge in [-0.3, -0.25) is 0 Å². The van der Waals surface area contributed by atoms with Gasteiger partial charge in [-0.1, -0.05) is 11.6 Å². The molecule has 2 aliphatic rings. The number of hydrogen-bond donors (Lipinski definition) is 4. The molecular weight excluding hydrogens is 385 g/mol. The number of hydrogen-bond acceptors (Lipinski definition) is 6. The van der Waals surface area contributed by atoms with Crippen molar-refractivity contribution in [3.8, 4) is 0 Å². The van der Waals surface area contributed by atoms with Gasteiger partial charge in [0.2, 0.25) is 0 Å². The van der Waals surface area contributed by atoms with Crippen molar-refractivity contribution in [2.24, 2.45) is 11.1 Å². The lowest BCUT2D eigenvalue weighted by Crippen LogP contribution is -2.42. The Morgan fingerprint density at radius 3 is 2.66 bits per heavy atom. The first-order chi connectivity index (χ1) is 13.9. The van der Waals surface area contributed by atoms with E-state index in [1.807, 2.05) is 6.08 Å². The van der Waals surface area contributed by atoms with Crippen LogP contribution < -0.4 is 11.1 Å². The van der Waals surface area contributed by atoms with E-state index in [9.17, 15) is 4.39 Å². The van der Waals surface area contributed by atoms with E-state index < -0.39 is 0 Å². The quantitative estimate of drug-likeness (QED) is 0.294. The zero-order valence-electron chi connectivity index (χ0n) is 16.5. The van der Waals surface area contributed by atoms with Gasteiger partial charge in [0.05, 0.1) is 4.91 Å². The van der Waals surface area contributed by atoms with E-state index in [1.54, 1.807) is 19.1 Å². The summed E-state index contributed by atoms with van der Waals surface area (Å²) in [7, 11) is 0. The Bertz CT molecular complexity index is 912. The van der Waals surface area contributed by atoms with Crippen molar-refractivity contribution in [2.45, 2.75) is 19.8 Å². The van der Waals surface area contributed by atoms with Gasteiger partial charge in [0.15, 0.2) is 0 Å². The summed E-state index contributed by atoms with van der Waals surface area (Å²) in [5.41, 5.74) is 10.1. The normalized spacial score (nSPS) is 22.9. The number of benzene rings is 1. The highest BCUT2D eigenvalue weighted by Gasteiger charge is 2.40. The highest BCUT2D eigenvalue weighted by atomic mass is 32.2. The molecule has 152 valence electrons. The summed E-state index contributed by atoms with van der Waals surface area (Å²) >= 11 is 1.50. The van der Waals surface area contributed by atoms with Crippen molar-refractivity contribution in [1.82, 2.24) is 4.31 Å². The van der Waals surface area contributed by atoms with E-state index in [2.05, 4.69) is 22.3 Å². The molecule has 7 heteroatoms. The predicted octanol–water partition coefficient (Wildman–Crippen LogP) is 4.84. The highest BCUT2D eigenvalue weighted by molar-refractivity contribution is 8.01. The van der Waals surface area contributed by atoms with Crippen LogP contribution in [0.3, 0.4) is 0 Å². The average Bonchev–Trinajstić information content (AvgIpc) is 2.72. The lowest BCUT2D eigenvalue weighted by atomic mass is 9.69. The number of fused-ring (bicyclic) bond motifs is 1. The fraction of sp³-hybridized carbons (Fsp3) is 0.273. The number of piperidine rings is 1. The third kappa shape index (κ3) is 4.52. The lowest BCUT2D eigenvalue weighted by Gasteiger charge is -2.45. The molecule has 5 N–H and O–H groups in total. The summed E-state index contributed by atoms with van der Waals surface area (Å²) in [5, 5.41) is 18.8. The first kappa shape index (κ1) is 21.1. The smallest absolute Gasteiger partial charge is 0.123 e. The third-order valence-corrected chi connectivity index (χ3v) is 6.54. The van der Waals surface area contributed by atoms with Crippen molar-refractivity contribution in [2.75, 3.05) is 18.4 Å². The SMILES string of the molecule is C=CC12CC(C=N)=C(Nc3ccc(F)cc3)C=C1CCN(S/C(C=N)=C(\C)N)C2. The van der Waals surface area contributed by atoms with Crippen LogP contribution in [0.25, 0.3) is 0 Å². The third-order valence-electron chi connectivity index (χ3n) is 5.33. The number of rotatable bonds is 7. The second-order valence-corrected chi connectivity index (χ2v) is 8.46. The first-order valence-electron chi connectivity index (χ1n) is 9.41. The number of anilines is 1. The van der Waals surface area contributed by atoms with Crippen LogP contribution in [0.2, 0.25) is 0 Å². The molecule has 0 radical (unpaired) electrons. The van der Waals surface area contributed by atoms with E-state index in [0.29, 0.717) is 12.1 Å². The monoisotopic (exact) mass is 411 g/mol. The Hall–Kier alpha value is -2.64. The van der Waals surface area contributed by atoms with Crippen molar-refractivity contribution < 1.29 is 4.39 Å². The number of nitrogens with two attached hydrogens (primary N) is 1. The standard InChI is InChI=1S/C22H26FN5S/c1-3-22-11-16(12-24)20(27-19-6-4-18(23)5-7-19)10-17(22)8-9-28(14-22)29-21(13-25)15(2)26/h3-7,10,12-13,24-25,27H,1,8-9,11,14,26H2,2H3/b21-15+,24-12?,25-13?. The van der Waals surface area contributed by atoms with Gasteiger partial charge in [0.1, 0.15) is 5.82 Å². The van der Waals surface area contributed by atoms with Crippen LogP contribution in [-0.4, -0.2) is 29.8 Å². The molecule has 5 nitrogen and oxygen atoms in total. The molecule has 0 saturated carbocycles. The molecule has 1 aromatic rings. The molecule has 0 amide bonds. The van der Waals surface area contributed by atoms with Gasteiger partial charge in [-0.05, 0) is 67.6 Å². The van der Waals surface area contributed by atoms with Crippen LogP contribution in [0.4, 0.5) is 10.1 Å². The van der Waals surface area contributed by atoms with Gasteiger partial charge in [-0.15, -0.1) is 6.58 Å². The van der Waals surface area contributed by atoms with Crippen molar-refractivity contribution >= 4 is 30.1 Å². The summed E-state index contributed by atoms with van der Waals surface area (Å²) in [6.07, 6.45) is 8.28. The topological polar surface area (TPSA) is 89.0 Å². The van der Waals surface area contributed by atoms with Gasteiger partial charge < -0.3 is 21.9 Å². The molecule has 1 atom stereocenters. The Balaban J connectivity index is 1.85. The average molecular weight is 412 g/mol. The van der Waals surface area contributed by atoms with Gasteiger partial charge in [0, 0.05) is 48.0 Å². The minimum atomic E-state index is -0.277. The van der Waals surface area contributed by atoms with E-state index >= 15 is 0 Å². The Morgan fingerprint density at radius 1 is 1.34 bits per heavy atom. The summed E-state index contributed by atoms with van der Waals surface area (Å²) < 4.78 is 15.4. The molecule has 1 aromatic carbocycles. The maximum Gasteiger partial charge on any atom is 0.123 e. The molecule has 1 saturated heterocycles. The fourth-order valence-corrected chi connectivity index (χ4v) is 4.66. The van der Waals surface area contributed by atoms with E-state index in [4.69, 9.17) is 16.6 Å². The van der Waals surface area contributed by atoms with Crippen LogP contribution in [0.1, 0.15) is 19.8 Å². The maximum atomic E-state index is 13.2. The van der Waals surface area contributed by atoms with Crippen LogP contribution >= 0.6 is 11.9 Å². The molecule has 1 aliphatic carbocycles. The molecule has 1 fully saturated rings. The fourth-order valence-electron chi connectivity index (χ4n) is 3.71. The summed E-state index contributed by atoms with van der Waals surface area (Å²) in [6, 6.07) is 6.22. The molecule has 29 heavy (non-hydrogen) atoms. The lowest BCUT2D eigenvalue weighted by molar-refractivity contribution is 0.278. The first-order valence-corrected chi connectivity index (χ1v) is 10.2. The zero-order chi connectivity index (χ0) is 21.0. The number of nitrogens with one attached hydrogen (secondary N) is 3. The number of allylic oxidation sites excluding steroid dienone is 4. The van der Waals surface area contributed by atoms with Crippen LogP contribution in [0, 0.1) is 22.1 Å². The second kappa shape index (κ2) is 8.80. The van der Waals surface area contributed by atoms with Crippen LogP contribution in [0.15, 0.2) is 70.4 Å². The summed E-state index contributed by atoms with van der Waals surface area (Å²) in [5.74, 6) is -0.277. The van der Waals surface area contributed by atoms with Gasteiger partial charge in [0.25, 0.3) is 0 Å². The molecule has 0 bridgehead atoms. The summed E-state index contributed by atoms with van der Waals surface area (Å²) in [4.78, 5) is 0.744. The van der Waals surface area contributed by atoms with Gasteiger partial charge >= 0.3 is 0 Å². The van der Waals surface area contributed by atoms with Gasteiger partial charge in [-0.2, -0.15) is 0 Å². The van der Waals surface area contributed by atoms with Gasteiger partial charge in [-0.25, -0.2) is 8.70 Å². The molecular formula is C22H26FN5S. The van der Waals surface area contributed by atoms with E-state index in [-0.39, 0.29) is 11.2 Å². The van der Waals surface area contributed by atoms with Crippen molar-refractivity contribution in [3.63, 3.8) is 0 Å². The van der Waals surface area contributed by atoms with E-state index in [0.717, 1.165) is 41.4 Å². The molecule has 0 aromatic heterocycles. The molecule has 1 unspecified atom stereocenters. The Kier molecular flexibility index (Phi) is 6.39. The number of nitrogens with zero attached hydrogens (tertiary/aromatic N) is 1. The molecule has 1 aliphatic heterocycles. The Morgan fingerprint density at radius 2 is 2.07 bits per heavy atom. The predicted molar refractivity (Wildman–Crippen MR) is 121 cm³/mol. The van der Waals surface area contributed by atoms with Crippen LogP contribution in [-0.2, 0) is 0 Å². The Labute approximate surface area is 175 Å². The van der Waals surface area contributed by atoms with Crippen molar-refractivity contribution in [1.29, 1.82) is 10.8 Å². The highest BCUT2D eigenvalue weighted by Crippen LogP contribution is 2.47. The zero-order valence-corrected chi connectivity index (χ0v) is 17.3.